The van der Waals surface area contributed by atoms with Crippen molar-refractivity contribution in [3.05, 3.63) is 133 Å². The van der Waals surface area contributed by atoms with E-state index in [-0.39, 0.29) is 0 Å². The molecule has 0 saturated heterocycles. The zero-order chi connectivity index (χ0) is 22.6. The van der Waals surface area contributed by atoms with Crippen molar-refractivity contribution in [1.29, 1.82) is 0 Å². The molecule has 2 aliphatic carbocycles. The van der Waals surface area contributed by atoms with E-state index < -0.39 is 19.2 Å². The van der Waals surface area contributed by atoms with E-state index in [0.29, 0.717) is 8.45 Å². The molecule has 0 N–H and O–H groups in total. The van der Waals surface area contributed by atoms with Gasteiger partial charge in [0.05, 0.1) is 0 Å². The first-order chi connectivity index (χ1) is 16.3. The second kappa shape index (κ2) is 9.57. The monoisotopic (exact) mass is 464 g/mol. The molecule has 0 aliphatic heterocycles. The van der Waals surface area contributed by atoms with Gasteiger partial charge >= 0.3 is 178 Å². The van der Waals surface area contributed by atoms with E-state index in [0.717, 1.165) is 0 Å². The van der Waals surface area contributed by atoms with E-state index in [1.54, 1.807) is 12.2 Å². The maximum atomic E-state index is 4.56. The fraction of sp³-hybridized carbons (Fsp3) is 0.0714. The van der Waals surface area contributed by atoms with Crippen LogP contribution in [0.25, 0.3) is 23.5 Å². The zero-order valence-electron chi connectivity index (χ0n) is 18.3. The van der Waals surface area contributed by atoms with Crippen molar-refractivity contribution in [1.82, 2.24) is 19.6 Å². The summed E-state index contributed by atoms with van der Waals surface area (Å²) >= 11 is -0.488. The Bertz CT molecular complexity index is 1230. The van der Waals surface area contributed by atoms with Gasteiger partial charge in [0.1, 0.15) is 0 Å². The first kappa shape index (κ1) is 21.4. The Kier molecular flexibility index (Phi) is 6.20. The van der Waals surface area contributed by atoms with Crippen molar-refractivity contribution < 1.29 is 19.2 Å². The third-order valence-electron chi connectivity index (χ3n) is 5.85. The summed E-state index contributed by atoms with van der Waals surface area (Å²) < 4.78 is 4.90. The second-order valence-corrected chi connectivity index (χ2v) is 10.1. The van der Waals surface area contributed by atoms with Crippen LogP contribution in [0.1, 0.15) is 30.7 Å². The topological polar surface area (TPSA) is 35.6 Å². The minimum atomic E-state index is -0.488. The van der Waals surface area contributed by atoms with E-state index in [9.17, 15) is 0 Å². The molecule has 2 heterocycles. The summed E-state index contributed by atoms with van der Waals surface area (Å²) in [4.78, 5) is 0. The molecule has 2 atom stereocenters. The molecule has 4 aromatic rings. The Morgan fingerprint density at radius 3 is 1.52 bits per heavy atom. The molecule has 5 heteroatoms. The molecule has 0 radical (unpaired) electrons. The SMILES string of the molecule is C1=C(n2cccn2)[CH]([Ti][CH]2C(n3cccn3)=Cc3ccccc32)c2ccccc21.C=CC=C. The van der Waals surface area contributed by atoms with Gasteiger partial charge in [0.25, 0.3) is 0 Å². The van der Waals surface area contributed by atoms with Crippen molar-refractivity contribution in [2.24, 2.45) is 0 Å². The number of hydrogen-bond donors (Lipinski definition) is 0. The minimum Gasteiger partial charge on any atom is -0.0991 e. The molecule has 0 fully saturated rings. The van der Waals surface area contributed by atoms with Crippen LogP contribution in [0.4, 0.5) is 0 Å². The van der Waals surface area contributed by atoms with Crippen molar-refractivity contribution >= 4 is 23.5 Å². The Balaban J connectivity index is 0.000000531. The van der Waals surface area contributed by atoms with Gasteiger partial charge in [0, 0.05) is 0 Å². The van der Waals surface area contributed by atoms with E-state index in [1.165, 1.54) is 33.6 Å². The van der Waals surface area contributed by atoms with Crippen LogP contribution in [0.2, 0.25) is 0 Å². The van der Waals surface area contributed by atoms with Gasteiger partial charge in [-0.25, -0.2) is 0 Å². The molecule has 6 rings (SSSR count). The Morgan fingerprint density at radius 2 is 1.12 bits per heavy atom. The molecule has 2 aliphatic rings. The van der Waals surface area contributed by atoms with Crippen molar-refractivity contribution in [2.75, 3.05) is 0 Å². The van der Waals surface area contributed by atoms with E-state index in [1.807, 2.05) is 33.9 Å². The molecule has 33 heavy (non-hydrogen) atoms. The summed E-state index contributed by atoms with van der Waals surface area (Å²) in [5.74, 6) is 0. The first-order valence-electron chi connectivity index (χ1n) is 10.9. The molecule has 2 aromatic heterocycles. The number of rotatable bonds is 5. The van der Waals surface area contributed by atoms with Gasteiger partial charge in [-0.15, -0.1) is 0 Å². The summed E-state index contributed by atoms with van der Waals surface area (Å²) in [6, 6.07) is 21.6. The van der Waals surface area contributed by atoms with Gasteiger partial charge in [-0.1, -0.05) is 25.3 Å². The summed E-state index contributed by atoms with van der Waals surface area (Å²) in [6.45, 7) is 6.72. The van der Waals surface area contributed by atoms with E-state index >= 15 is 0 Å². The van der Waals surface area contributed by atoms with Gasteiger partial charge in [-0.3, -0.25) is 0 Å². The van der Waals surface area contributed by atoms with Gasteiger partial charge < -0.3 is 0 Å². The standard InChI is InChI=1S/2C12H9N2.C4H6.Ti/c2*1-2-5-11-9-12(8-10(11)4-1)14-7-3-6-13-14;1-3-4-2;/h2*1-9H;3-4H,1-2H2;. The number of allylic oxidation sites excluding steroid dienone is 4. The van der Waals surface area contributed by atoms with Gasteiger partial charge in [0.2, 0.25) is 0 Å². The third-order valence-corrected chi connectivity index (χ3v) is 8.79. The van der Waals surface area contributed by atoms with Crippen LogP contribution in [0, 0.1) is 0 Å². The fourth-order valence-corrected chi connectivity index (χ4v) is 7.48. The second-order valence-electron chi connectivity index (χ2n) is 7.80. The van der Waals surface area contributed by atoms with Crippen LogP contribution in [-0.2, 0) is 19.2 Å². The minimum absolute atomic E-state index is 0.404. The van der Waals surface area contributed by atoms with Gasteiger partial charge in [-0.2, -0.15) is 0 Å². The molecule has 0 spiro atoms. The molecule has 0 bridgehead atoms. The summed E-state index contributed by atoms with van der Waals surface area (Å²) in [6.07, 6.45) is 15.7. The smallest absolute Gasteiger partial charge is 0.0701 e. The van der Waals surface area contributed by atoms with Crippen LogP contribution in [0.3, 0.4) is 0 Å². The molecule has 2 aromatic carbocycles. The van der Waals surface area contributed by atoms with Crippen molar-refractivity contribution in [3.63, 3.8) is 0 Å². The maximum absolute atomic E-state index is 4.56. The summed E-state index contributed by atoms with van der Waals surface area (Å²) in [5, 5.41) is 9.11. The Morgan fingerprint density at radius 1 is 0.667 bits per heavy atom. The maximum Gasteiger partial charge on any atom is -0.0701 e. The van der Waals surface area contributed by atoms with E-state index in [4.69, 9.17) is 0 Å². The van der Waals surface area contributed by atoms with Crippen LogP contribution in [0.5, 0.6) is 0 Å². The van der Waals surface area contributed by atoms with Crippen LogP contribution >= 0.6 is 0 Å². The Labute approximate surface area is 203 Å². The number of fused-ring (bicyclic) bond motifs is 2. The van der Waals surface area contributed by atoms with Crippen LogP contribution < -0.4 is 0 Å². The normalized spacial score (nSPS) is 17.7. The molecule has 0 amide bonds. The van der Waals surface area contributed by atoms with Crippen LogP contribution in [0.15, 0.2) is 111 Å². The van der Waals surface area contributed by atoms with Crippen molar-refractivity contribution in [2.45, 2.75) is 8.45 Å². The predicted octanol–water partition coefficient (Wildman–Crippen LogP) is 6.33. The number of nitrogens with zero attached hydrogens (tertiary/aromatic N) is 4. The average molecular weight is 464 g/mol. The van der Waals surface area contributed by atoms with Crippen molar-refractivity contribution in [3.8, 4) is 0 Å². The summed E-state index contributed by atoms with van der Waals surface area (Å²) in [7, 11) is 0. The third kappa shape index (κ3) is 4.16. The largest absolute Gasteiger partial charge is 0.0991 e. The zero-order valence-corrected chi connectivity index (χ0v) is 19.8. The molecule has 2 unspecified atom stereocenters. The molecule has 4 nitrogen and oxygen atoms in total. The summed E-state index contributed by atoms with van der Waals surface area (Å²) in [5.41, 5.74) is 8.09. The van der Waals surface area contributed by atoms with Gasteiger partial charge in [-0.05, 0) is 0 Å². The molecule has 0 saturated carbocycles. The number of benzene rings is 2. The fourth-order valence-electron chi connectivity index (χ4n) is 4.37. The first-order valence-corrected chi connectivity index (χ1v) is 12.7. The number of hydrogen-bond acceptors (Lipinski definition) is 2. The quantitative estimate of drug-likeness (QED) is 0.256. The number of aromatic nitrogens is 4. The Hall–Kier alpha value is -3.47. The molecular formula is C28H24N4Ti. The van der Waals surface area contributed by atoms with E-state index in [2.05, 4.69) is 96.4 Å². The van der Waals surface area contributed by atoms with Gasteiger partial charge in [0.15, 0.2) is 0 Å². The van der Waals surface area contributed by atoms with Crippen LogP contribution in [-0.4, -0.2) is 19.6 Å². The predicted molar refractivity (Wildman–Crippen MR) is 132 cm³/mol. The molecular weight excluding hydrogens is 440 g/mol. The molecule has 160 valence electrons. The average Bonchev–Trinajstić information content (AvgIpc) is 3.66.